The zero-order valence-electron chi connectivity index (χ0n) is 10.8. The van der Waals surface area contributed by atoms with E-state index in [-0.39, 0.29) is 30.7 Å². The Kier molecular flexibility index (Phi) is 8.13. The second-order valence-electron chi connectivity index (χ2n) is 3.70. The van der Waals surface area contributed by atoms with E-state index in [1.807, 2.05) is 6.20 Å². The van der Waals surface area contributed by atoms with Crippen molar-refractivity contribution in [3.8, 4) is 0 Å². The third-order valence-corrected chi connectivity index (χ3v) is 3.49. The van der Waals surface area contributed by atoms with E-state index in [1.54, 1.807) is 29.5 Å². The molecule has 2 heterocycles. The third kappa shape index (κ3) is 4.96. The lowest BCUT2D eigenvalue weighted by Gasteiger charge is -2.02. The number of nitrogens with zero attached hydrogens (tertiary/aromatic N) is 2. The quantitative estimate of drug-likeness (QED) is 0.899. The minimum absolute atomic E-state index is 0. The normalized spacial score (nSPS) is 9.25. The number of thiazole rings is 1. The highest BCUT2D eigenvalue weighted by Crippen LogP contribution is 2.13. The Balaban J connectivity index is 0.00000180. The number of aromatic nitrogens is 2. The van der Waals surface area contributed by atoms with Crippen LogP contribution in [0.4, 0.5) is 5.82 Å². The second kappa shape index (κ2) is 8.73. The maximum absolute atomic E-state index is 11.8. The largest absolute Gasteiger partial charge is 0.384 e. The summed E-state index contributed by atoms with van der Waals surface area (Å²) in [6.07, 6.45) is 2.80. The van der Waals surface area contributed by atoms with Gasteiger partial charge in [-0.05, 0) is 18.6 Å². The molecule has 0 aliphatic carbocycles. The second-order valence-corrected chi connectivity index (χ2v) is 4.90. The maximum Gasteiger partial charge on any atom is 0.270 e. The van der Waals surface area contributed by atoms with Crippen molar-refractivity contribution in [1.82, 2.24) is 15.3 Å². The summed E-state index contributed by atoms with van der Waals surface area (Å²) in [5.41, 5.74) is 5.85. The lowest BCUT2D eigenvalue weighted by Crippen LogP contribution is -2.23. The smallest absolute Gasteiger partial charge is 0.270 e. The predicted octanol–water partition coefficient (Wildman–Crippen LogP) is 2.46. The summed E-state index contributed by atoms with van der Waals surface area (Å²) in [4.78, 5) is 21.2. The summed E-state index contributed by atoms with van der Waals surface area (Å²) in [6.45, 7) is 2.49. The van der Waals surface area contributed by atoms with E-state index < -0.39 is 0 Å². The van der Waals surface area contributed by atoms with Crippen LogP contribution in [0.25, 0.3) is 0 Å². The van der Waals surface area contributed by atoms with Crippen LogP contribution in [0.3, 0.4) is 0 Å². The van der Waals surface area contributed by atoms with Gasteiger partial charge in [0.1, 0.15) is 16.5 Å². The van der Waals surface area contributed by atoms with Gasteiger partial charge in [-0.3, -0.25) is 4.79 Å². The highest BCUT2D eigenvalue weighted by molar-refractivity contribution is 7.11. The molecular formula is C12H16Cl2N4OS. The van der Waals surface area contributed by atoms with E-state index >= 15 is 0 Å². The minimum atomic E-state index is -0.240. The van der Waals surface area contributed by atoms with Gasteiger partial charge >= 0.3 is 0 Å². The van der Waals surface area contributed by atoms with Gasteiger partial charge in [-0.2, -0.15) is 0 Å². The van der Waals surface area contributed by atoms with Crippen molar-refractivity contribution in [1.29, 1.82) is 0 Å². The number of aryl methyl sites for hydroxylation is 1. The van der Waals surface area contributed by atoms with Gasteiger partial charge in [0.15, 0.2) is 0 Å². The SMILES string of the molecule is CCc1cnc(CNC(=O)c2cccc(N)n2)s1.Cl.Cl. The highest BCUT2D eigenvalue weighted by Gasteiger charge is 2.08. The third-order valence-electron chi connectivity index (χ3n) is 2.35. The Hall–Kier alpha value is -1.37. The van der Waals surface area contributed by atoms with Crippen LogP contribution >= 0.6 is 36.2 Å². The molecule has 5 nitrogen and oxygen atoms in total. The number of hydrogen-bond acceptors (Lipinski definition) is 5. The van der Waals surface area contributed by atoms with Crippen molar-refractivity contribution in [3.63, 3.8) is 0 Å². The molecule has 110 valence electrons. The molecule has 0 atom stereocenters. The molecule has 2 aromatic rings. The topological polar surface area (TPSA) is 80.9 Å². The van der Waals surface area contributed by atoms with E-state index in [1.165, 1.54) is 4.88 Å². The van der Waals surface area contributed by atoms with Crippen LogP contribution in [-0.2, 0) is 13.0 Å². The number of halogens is 2. The van der Waals surface area contributed by atoms with Crippen molar-refractivity contribution in [2.75, 3.05) is 5.73 Å². The van der Waals surface area contributed by atoms with Crippen molar-refractivity contribution in [2.24, 2.45) is 0 Å². The van der Waals surface area contributed by atoms with Gasteiger partial charge in [0.2, 0.25) is 0 Å². The fourth-order valence-electron chi connectivity index (χ4n) is 1.42. The standard InChI is InChI=1S/C12H14N4OS.2ClH/c1-2-8-6-14-11(18-8)7-15-12(17)9-4-3-5-10(13)16-9;;/h3-6H,2,7H2,1H3,(H2,13,16)(H,15,17);2*1H. The summed E-state index contributed by atoms with van der Waals surface area (Å²) < 4.78 is 0. The van der Waals surface area contributed by atoms with Gasteiger partial charge in [0.05, 0.1) is 6.54 Å². The Morgan fingerprint density at radius 3 is 2.75 bits per heavy atom. The zero-order valence-corrected chi connectivity index (χ0v) is 13.3. The van der Waals surface area contributed by atoms with Gasteiger partial charge in [0, 0.05) is 11.1 Å². The molecule has 2 aromatic heterocycles. The minimum Gasteiger partial charge on any atom is -0.384 e. The molecule has 0 fully saturated rings. The lowest BCUT2D eigenvalue weighted by atomic mass is 10.3. The van der Waals surface area contributed by atoms with Crippen molar-refractivity contribution in [2.45, 2.75) is 19.9 Å². The number of carbonyl (C=O) groups is 1. The Bertz CT molecular complexity index is 562. The van der Waals surface area contributed by atoms with Gasteiger partial charge in [0.25, 0.3) is 5.91 Å². The molecule has 0 aliphatic rings. The first kappa shape index (κ1) is 18.6. The first-order valence-corrected chi connectivity index (χ1v) is 6.45. The number of nitrogen functional groups attached to an aromatic ring is 1. The predicted molar refractivity (Wildman–Crippen MR) is 85.8 cm³/mol. The average Bonchev–Trinajstić information content (AvgIpc) is 2.84. The Morgan fingerprint density at radius 2 is 2.15 bits per heavy atom. The van der Waals surface area contributed by atoms with Crippen LogP contribution in [0.5, 0.6) is 0 Å². The number of anilines is 1. The van der Waals surface area contributed by atoms with E-state index in [0.717, 1.165) is 11.4 Å². The Morgan fingerprint density at radius 1 is 1.40 bits per heavy atom. The average molecular weight is 335 g/mol. The zero-order chi connectivity index (χ0) is 13.0. The summed E-state index contributed by atoms with van der Waals surface area (Å²) in [6, 6.07) is 4.98. The highest BCUT2D eigenvalue weighted by atomic mass is 35.5. The van der Waals surface area contributed by atoms with Crippen molar-refractivity contribution in [3.05, 3.63) is 40.0 Å². The van der Waals surface area contributed by atoms with Gasteiger partial charge in [-0.1, -0.05) is 13.0 Å². The summed E-state index contributed by atoms with van der Waals surface area (Å²) in [7, 11) is 0. The molecule has 0 aromatic carbocycles. The molecule has 2 rings (SSSR count). The van der Waals surface area contributed by atoms with Crippen LogP contribution in [0.1, 0.15) is 27.3 Å². The van der Waals surface area contributed by atoms with Crippen molar-refractivity contribution < 1.29 is 4.79 Å². The van der Waals surface area contributed by atoms with Crippen LogP contribution in [-0.4, -0.2) is 15.9 Å². The molecular weight excluding hydrogens is 319 g/mol. The summed E-state index contributed by atoms with van der Waals surface area (Å²) in [5, 5.41) is 3.66. The monoisotopic (exact) mass is 334 g/mol. The molecule has 0 radical (unpaired) electrons. The number of pyridine rings is 1. The number of amides is 1. The van der Waals surface area contributed by atoms with Gasteiger partial charge in [-0.25, -0.2) is 9.97 Å². The van der Waals surface area contributed by atoms with Crippen LogP contribution in [0.2, 0.25) is 0 Å². The van der Waals surface area contributed by atoms with E-state index in [9.17, 15) is 4.79 Å². The fraction of sp³-hybridized carbons (Fsp3) is 0.250. The van der Waals surface area contributed by atoms with Crippen LogP contribution in [0.15, 0.2) is 24.4 Å². The van der Waals surface area contributed by atoms with Gasteiger partial charge in [-0.15, -0.1) is 36.2 Å². The number of rotatable bonds is 4. The molecule has 0 spiro atoms. The maximum atomic E-state index is 11.8. The van der Waals surface area contributed by atoms with Crippen molar-refractivity contribution >= 4 is 47.9 Å². The molecule has 8 heteroatoms. The molecule has 0 bridgehead atoms. The molecule has 1 amide bonds. The van der Waals surface area contributed by atoms with Crippen LogP contribution < -0.4 is 11.1 Å². The number of carbonyl (C=O) groups excluding carboxylic acids is 1. The number of nitrogens with one attached hydrogen (secondary N) is 1. The number of nitrogens with two attached hydrogens (primary N) is 1. The summed E-state index contributed by atoms with van der Waals surface area (Å²) in [5.74, 6) is 0.0979. The first-order valence-electron chi connectivity index (χ1n) is 5.63. The number of hydrogen-bond donors (Lipinski definition) is 2. The van der Waals surface area contributed by atoms with E-state index in [2.05, 4.69) is 22.2 Å². The molecule has 0 saturated carbocycles. The molecule has 3 N–H and O–H groups in total. The fourth-order valence-corrected chi connectivity index (χ4v) is 2.22. The molecule has 0 unspecified atom stereocenters. The molecule has 0 aliphatic heterocycles. The lowest BCUT2D eigenvalue weighted by molar-refractivity contribution is 0.0946. The summed E-state index contributed by atoms with van der Waals surface area (Å²) >= 11 is 1.60. The van der Waals surface area contributed by atoms with Crippen LogP contribution in [0, 0.1) is 0 Å². The van der Waals surface area contributed by atoms with Gasteiger partial charge < -0.3 is 11.1 Å². The molecule has 0 saturated heterocycles. The Labute approximate surface area is 133 Å². The van der Waals surface area contributed by atoms with E-state index in [0.29, 0.717) is 18.1 Å². The first-order chi connectivity index (χ1) is 8.69. The van der Waals surface area contributed by atoms with E-state index in [4.69, 9.17) is 5.73 Å². The molecule has 20 heavy (non-hydrogen) atoms.